The second kappa shape index (κ2) is 5.30. The Kier molecular flexibility index (Phi) is 3.91. The lowest BCUT2D eigenvalue weighted by Gasteiger charge is -2.14. The topological polar surface area (TPSA) is 62.2 Å². The van der Waals surface area contributed by atoms with E-state index in [1.807, 2.05) is 6.92 Å². The van der Waals surface area contributed by atoms with Crippen molar-refractivity contribution in [3.8, 4) is 0 Å². The van der Waals surface area contributed by atoms with Crippen molar-refractivity contribution in [2.75, 3.05) is 5.32 Å². The first-order chi connectivity index (χ1) is 8.90. The maximum Gasteiger partial charge on any atom is 0.340 e. The smallest absolute Gasteiger partial charge is 0.340 e. The molecule has 0 saturated carbocycles. The number of hydrogen-bond acceptors (Lipinski definition) is 5. The molecule has 2 N–H and O–H groups in total. The number of rotatable bonds is 4. The SMILES string of the molecule is Cc1cc(C(C)Nc2snc(C)c2C(=O)O)c(C)s1. The van der Waals surface area contributed by atoms with Crippen molar-refractivity contribution >= 4 is 33.8 Å². The Morgan fingerprint density at radius 2 is 2.11 bits per heavy atom. The maximum absolute atomic E-state index is 11.2. The fourth-order valence-electron chi connectivity index (χ4n) is 2.07. The molecule has 4 nitrogen and oxygen atoms in total. The van der Waals surface area contributed by atoms with Gasteiger partial charge in [-0.05, 0) is 50.9 Å². The molecular formula is C13H16N2O2S2. The number of hydrogen-bond donors (Lipinski definition) is 2. The predicted octanol–water partition coefficient (Wildman–Crippen LogP) is 4.00. The summed E-state index contributed by atoms with van der Waals surface area (Å²) in [5.74, 6) is -0.931. The molecule has 0 saturated heterocycles. The van der Waals surface area contributed by atoms with E-state index in [0.29, 0.717) is 10.7 Å². The third-order valence-electron chi connectivity index (χ3n) is 2.97. The first kappa shape index (κ1) is 14.0. The van der Waals surface area contributed by atoms with Crippen molar-refractivity contribution in [2.45, 2.75) is 33.7 Å². The molecule has 0 fully saturated rings. The van der Waals surface area contributed by atoms with E-state index in [2.05, 4.69) is 29.6 Å². The highest BCUT2D eigenvalue weighted by atomic mass is 32.1. The second-order valence-electron chi connectivity index (χ2n) is 4.51. The molecule has 0 aromatic carbocycles. The minimum atomic E-state index is -0.931. The van der Waals surface area contributed by atoms with Crippen LogP contribution in [0.15, 0.2) is 6.07 Å². The van der Waals surface area contributed by atoms with Crippen molar-refractivity contribution in [1.82, 2.24) is 4.37 Å². The third kappa shape index (κ3) is 2.79. The van der Waals surface area contributed by atoms with Gasteiger partial charge in [-0.3, -0.25) is 0 Å². The summed E-state index contributed by atoms with van der Waals surface area (Å²) in [5, 5.41) is 13.1. The second-order valence-corrected chi connectivity index (χ2v) is 6.75. The summed E-state index contributed by atoms with van der Waals surface area (Å²) >= 11 is 2.96. The van der Waals surface area contributed by atoms with Crippen LogP contribution in [0.4, 0.5) is 5.00 Å². The quantitative estimate of drug-likeness (QED) is 0.895. The highest BCUT2D eigenvalue weighted by Crippen LogP contribution is 2.32. The molecule has 1 atom stereocenters. The summed E-state index contributed by atoms with van der Waals surface area (Å²) in [7, 11) is 0. The van der Waals surface area contributed by atoms with Crippen LogP contribution in [0.25, 0.3) is 0 Å². The van der Waals surface area contributed by atoms with Crippen molar-refractivity contribution in [3.63, 3.8) is 0 Å². The first-order valence-corrected chi connectivity index (χ1v) is 7.52. The lowest BCUT2D eigenvalue weighted by Crippen LogP contribution is -2.09. The summed E-state index contributed by atoms with van der Waals surface area (Å²) in [6.45, 7) is 7.92. The molecule has 0 aliphatic carbocycles. The molecule has 0 amide bonds. The monoisotopic (exact) mass is 296 g/mol. The number of aromatic carboxylic acids is 1. The van der Waals surface area contributed by atoms with Gasteiger partial charge < -0.3 is 10.4 Å². The molecule has 0 aliphatic rings. The lowest BCUT2D eigenvalue weighted by molar-refractivity contribution is 0.0697. The molecule has 2 aromatic rings. The van der Waals surface area contributed by atoms with Crippen LogP contribution in [-0.2, 0) is 0 Å². The van der Waals surface area contributed by atoms with Gasteiger partial charge in [-0.2, -0.15) is 4.37 Å². The zero-order valence-electron chi connectivity index (χ0n) is 11.3. The average molecular weight is 296 g/mol. The van der Waals surface area contributed by atoms with E-state index < -0.39 is 5.97 Å². The number of nitrogens with zero attached hydrogens (tertiary/aromatic N) is 1. The van der Waals surface area contributed by atoms with Crippen molar-refractivity contribution in [1.29, 1.82) is 0 Å². The van der Waals surface area contributed by atoms with Crippen LogP contribution in [0.2, 0.25) is 0 Å². The van der Waals surface area contributed by atoms with Gasteiger partial charge in [0.05, 0.1) is 11.7 Å². The van der Waals surface area contributed by atoms with Gasteiger partial charge in [0.2, 0.25) is 0 Å². The number of aromatic nitrogens is 1. The molecule has 2 aromatic heterocycles. The molecule has 6 heteroatoms. The van der Waals surface area contributed by atoms with E-state index in [4.69, 9.17) is 0 Å². The van der Waals surface area contributed by atoms with E-state index in [1.165, 1.54) is 26.9 Å². The Balaban J connectivity index is 2.27. The number of aryl methyl sites for hydroxylation is 3. The molecule has 0 radical (unpaired) electrons. The highest BCUT2D eigenvalue weighted by molar-refractivity contribution is 7.12. The van der Waals surface area contributed by atoms with Crippen molar-refractivity contribution < 1.29 is 9.90 Å². The summed E-state index contributed by atoms with van der Waals surface area (Å²) in [5.41, 5.74) is 2.05. The molecule has 0 spiro atoms. The summed E-state index contributed by atoms with van der Waals surface area (Å²) in [4.78, 5) is 13.7. The number of carbonyl (C=O) groups is 1. The summed E-state index contributed by atoms with van der Waals surface area (Å²) in [6.07, 6.45) is 0. The molecule has 102 valence electrons. The molecule has 19 heavy (non-hydrogen) atoms. The Labute approximate surface area is 120 Å². The van der Waals surface area contributed by atoms with E-state index in [0.717, 1.165) is 0 Å². The van der Waals surface area contributed by atoms with Gasteiger partial charge in [0.15, 0.2) is 0 Å². The summed E-state index contributed by atoms with van der Waals surface area (Å²) < 4.78 is 4.11. The predicted molar refractivity (Wildman–Crippen MR) is 79.6 cm³/mol. The largest absolute Gasteiger partial charge is 0.478 e. The van der Waals surface area contributed by atoms with E-state index in [1.54, 1.807) is 18.3 Å². The lowest BCUT2D eigenvalue weighted by atomic mass is 10.1. The van der Waals surface area contributed by atoms with Crippen LogP contribution in [-0.4, -0.2) is 15.4 Å². The molecule has 0 aliphatic heterocycles. The van der Waals surface area contributed by atoms with Crippen LogP contribution < -0.4 is 5.32 Å². The normalized spacial score (nSPS) is 12.4. The van der Waals surface area contributed by atoms with Gasteiger partial charge in [0.1, 0.15) is 10.6 Å². The summed E-state index contributed by atoms with van der Waals surface area (Å²) in [6, 6.07) is 2.22. The Bertz CT molecular complexity index is 616. The van der Waals surface area contributed by atoms with Gasteiger partial charge in [-0.1, -0.05) is 0 Å². The van der Waals surface area contributed by atoms with E-state index >= 15 is 0 Å². The molecule has 1 unspecified atom stereocenters. The number of nitrogens with one attached hydrogen (secondary N) is 1. The standard InChI is InChI=1S/C13H16N2O2S2/c1-6-5-10(9(4)18-6)7(2)14-12-11(13(16)17)8(3)15-19-12/h5,7,14H,1-4H3,(H,16,17). The van der Waals surface area contributed by atoms with Crippen LogP contribution in [0.3, 0.4) is 0 Å². The number of carboxylic acid groups (broad SMARTS) is 1. The number of thiophene rings is 1. The first-order valence-electron chi connectivity index (χ1n) is 5.93. The fourth-order valence-corrected chi connectivity index (χ4v) is 3.97. The van der Waals surface area contributed by atoms with Crippen molar-refractivity contribution in [2.24, 2.45) is 0 Å². The zero-order valence-corrected chi connectivity index (χ0v) is 12.9. The third-order valence-corrected chi connectivity index (χ3v) is 4.82. The van der Waals surface area contributed by atoms with Gasteiger partial charge in [0.25, 0.3) is 0 Å². The Morgan fingerprint density at radius 1 is 1.42 bits per heavy atom. The van der Waals surface area contributed by atoms with Crippen LogP contribution in [0.5, 0.6) is 0 Å². The van der Waals surface area contributed by atoms with Gasteiger partial charge >= 0.3 is 5.97 Å². The van der Waals surface area contributed by atoms with Crippen LogP contribution >= 0.6 is 22.9 Å². The zero-order chi connectivity index (χ0) is 14.2. The van der Waals surface area contributed by atoms with Gasteiger partial charge in [0, 0.05) is 9.75 Å². The number of anilines is 1. The van der Waals surface area contributed by atoms with Crippen LogP contribution in [0.1, 0.15) is 44.3 Å². The van der Waals surface area contributed by atoms with Crippen molar-refractivity contribution in [3.05, 3.63) is 32.6 Å². The van der Waals surface area contributed by atoms with E-state index in [-0.39, 0.29) is 11.6 Å². The van der Waals surface area contributed by atoms with Gasteiger partial charge in [-0.15, -0.1) is 11.3 Å². The average Bonchev–Trinajstić information content (AvgIpc) is 2.82. The van der Waals surface area contributed by atoms with Gasteiger partial charge in [-0.25, -0.2) is 4.79 Å². The Morgan fingerprint density at radius 3 is 2.63 bits per heavy atom. The fraction of sp³-hybridized carbons (Fsp3) is 0.385. The molecule has 2 rings (SSSR count). The molecule has 0 bridgehead atoms. The number of carboxylic acids is 1. The Hall–Kier alpha value is -1.40. The minimum absolute atomic E-state index is 0.0721. The maximum atomic E-state index is 11.2. The highest BCUT2D eigenvalue weighted by Gasteiger charge is 2.20. The van der Waals surface area contributed by atoms with E-state index in [9.17, 15) is 9.90 Å². The minimum Gasteiger partial charge on any atom is -0.478 e. The molecule has 2 heterocycles. The molecular weight excluding hydrogens is 280 g/mol. The van der Waals surface area contributed by atoms with Crippen LogP contribution in [0, 0.1) is 20.8 Å².